The number of alkyl halides is 2. The highest BCUT2D eigenvalue weighted by atomic mass is 35.5. The van der Waals surface area contributed by atoms with E-state index in [4.69, 9.17) is 25.8 Å². The molecule has 3 rings (SSSR count). The highest BCUT2D eigenvalue weighted by molar-refractivity contribution is 6.32. The first-order valence-electron chi connectivity index (χ1n) is 9.14. The van der Waals surface area contributed by atoms with E-state index in [0.717, 1.165) is 5.56 Å². The summed E-state index contributed by atoms with van der Waals surface area (Å²) in [5.74, 6) is 2.19. The smallest absolute Gasteiger partial charge is 0.387 e. The van der Waals surface area contributed by atoms with Crippen LogP contribution in [0.1, 0.15) is 11.1 Å². The number of ether oxygens (including phenoxy) is 4. The minimum absolute atomic E-state index is 0.0624. The first-order valence-corrected chi connectivity index (χ1v) is 9.52. The van der Waals surface area contributed by atoms with E-state index in [1.807, 2.05) is 6.07 Å². The molecular formula is C20H22ClF2N3O4. The number of methoxy groups -OCH3 is 1. The van der Waals surface area contributed by atoms with E-state index >= 15 is 0 Å². The van der Waals surface area contributed by atoms with Crippen LogP contribution >= 0.6 is 11.6 Å². The normalized spacial score (nSPS) is 13.2. The molecule has 0 saturated heterocycles. The number of guanidine groups is 1. The lowest BCUT2D eigenvalue weighted by Crippen LogP contribution is -2.36. The Hall–Kier alpha value is -2.94. The summed E-state index contributed by atoms with van der Waals surface area (Å²) in [7, 11) is 3.10. The summed E-state index contributed by atoms with van der Waals surface area (Å²) < 4.78 is 46.2. The van der Waals surface area contributed by atoms with Crippen LogP contribution in [0.15, 0.2) is 35.3 Å². The molecule has 10 heteroatoms. The molecule has 0 saturated carbocycles. The Balaban J connectivity index is 1.64. The summed E-state index contributed by atoms with van der Waals surface area (Å²) in [5.41, 5.74) is 1.37. The van der Waals surface area contributed by atoms with Crippen LogP contribution in [0.25, 0.3) is 0 Å². The molecule has 0 aliphatic carbocycles. The third kappa shape index (κ3) is 5.56. The number of benzene rings is 2. The molecule has 7 nitrogen and oxygen atoms in total. The van der Waals surface area contributed by atoms with Gasteiger partial charge in [0.15, 0.2) is 17.5 Å². The van der Waals surface area contributed by atoms with Gasteiger partial charge in [0.05, 0.1) is 12.1 Å². The summed E-state index contributed by atoms with van der Waals surface area (Å²) in [6.45, 7) is -1.39. The minimum Gasteiger partial charge on any atom is -0.497 e. The van der Waals surface area contributed by atoms with Crippen molar-refractivity contribution in [2.45, 2.75) is 19.7 Å². The quantitative estimate of drug-likeness (QED) is 0.505. The van der Waals surface area contributed by atoms with Gasteiger partial charge in [-0.25, -0.2) is 0 Å². The number of hydrogen-bond acceptors (Lipinski definition) is 5. The molecular weight excluding hydrogens is 420 g/mol. The third-order valence-electron chi connectivity index (χ3n) is 4.27. The molecule has 1 aliphatic heterocycles. The van der Waals surface area contributed by atoms with Gasteiger partial charge in [0, 0.05) is 25.7 Å². The van der Waals surface area contributed by atoms with Crippen molar-refractivity contribution in [3.8, 4) is 23.0 Å². The van der Waals surface area contributed by atoms with Crippen molar-refractivity contribution < 1.29 is 27.7 Å². The van der Waals surface area contributed by atoms with Gasteiger partial charge in [-0.2, -0.15) is 8.78 Å². The lowest BCUT2D eigenvalue weighted by atomic mass is 10.2. The van der Waals surface area contributed by atoms with E-state index in [1.165, 1.54) is 13.2 Å². The third-order valence-corrected chi connectivity index (χ3v) is 4.55. The van der Waals surface area contributed by atoms with E-state index in [1.54, 1.807) is 25.2 Å². The van der Waals surface area contributed by atoms with Crippen molar-refractivity contribution in [1.82, 2.24) is 10.6 Å². The zero-order valence-electron chi connectivity index (χ0n) is 16.5. The van der Waals surface area contributed by atoms with Gasteiger partial charge in [-0.3, -0.25) is 4.99 Å². The van der Waals surface area contributed by atoms with E-state index in [0.29, 0.717) is 53.6 Å². The number of hydrogen-bond donors (Lipinski definition) is 2. The number of rotatable bonds is 7. The first-order chi connectivity index (χ1) is 14.5. The second-order valence-corrected chi connectivity index (χ2v) is 6.64. The van der Waals surface area contributed by atoms with Crippen LogP contribution in [0, 0.1) is 0 Å². The Bertz CT molecular complexity index is 912. The first kappa shape index (κ1) is 21.8. The molecule has 2 aromatic rings. The largest absolute Gasteiger partial charge is 0.497 e. The standard InChI is InChI=1S/C20H22ClF2N3O4/c1-24-20(25-10-12-7-15(21)18-17(8-12)28-5-6-29-18)26-11-13-9-14(27-2)3-4-16(13)30-19(22)23/h3-4,7-9,19H,5-6,10-11H2,1-2H3,(H2,24,25,26). The Morgan fingerprint density at radius 3 is 2.67 bits per heavy atom. The summed E-state index contributed by atoms with van der Waals surface area (Å²) >= 11 is 6.26. The predicted molar refractivity (Wildman–Crippen MR) is 109 cm³/mol. The van der Waals surface area contributed by atoms with Crippen molar-refractivity contribution in [2.24, 2.45) is 4.99 Å². The fraction of sp³-hybridized carbons (Fsp3) is 0.350. The minimum atomic E-state index is -2.92. The average molecular weight is 442 g/mol. The van der Waals surface area contributed by atoms with Gasteiger partial charge in [-0.1, -0.05) is 11.6 Å². The fourth-order valence-corrected chi connectivity index (χ4v) is 3.17. The van der Waals surface area contributed by atoms with Crippen LogP contribution in [-0.2, 0) is 13.1 Å². The molecule has 30 heavy (non-hydrogen) atoms. The number of nitrogens with zero attached hydrogens (tertiary/aromatic N) is 1. The van der Waals surface area contributed by atoms with Gasteiger partial charge in [-0.15, -0.1) is 0 Å². The molecule has 0 spiro atoms. The summed E-state index contributed by atoms with van der Waals surface area (Å²) in [5, 5.41) is 6.68. The molecule has 0 bridgehead atoms. The zero-order valence-corrected chi connectivity index (χ0v) is 17.3. The summed E-state index contributed by atoms with van der Waals surface area (Å²) in [6, 6.07) is 8.25. The van der Waals surface area contributed by atoms with E-state index in [9.17, 15) is 8.78 Å². The Morgan fingerprint density at radius 2 is 1.93 bits per heavy atom. The highest BCUT2D eigenvalue weighted by Crippen LogP contribution is 2.38. The number of fused-ring (bicyclic) bond motifs is 1. The van der Waals surface area contributed by atoms with Gasteiger partial charge in [0.2, 0.25) is 0 Å². The average Bonchev–Trinajstić information content (AvgIpc) is 2.74. The maximum atomic E-state index is 12.7. The van der Waals surface area contributed by atoms with Crippen LogP contribution < -0.4 is 29.6 Å². The summed E-state index contributed by atoms with van der Waals surface area (Å²) in [4.78, 5) is 4.15. The number of halogens is 3. The van der Waals surface area contributed by atoms with Gasteiger partial charge >= 0.3 is 6.61 Å². The Labute approximate surface area is 177 Å². The van der Waals surface area contributed by atoms with E-state index in [-0.39, 0.29) is 12.3 Å². The van der Waals surface area contributed by atoms with Crippen molar-refractivity contribution in [3.63, 3.8) is 0 Å². The second-order valence-electron chi connectivity index (χ2n) is 6.23. The monoisotopic (exact) mass is 441 g/mol. The molecule has 0 unspecified atom stereocenters. The van der Waals surface area contributed by atoms with Gasteiger partial charge < -0.3 is 29.6 Å². The molecule has 2 N–H and O–H groups in total. The van der Waals surface area contributed by atoms with E-state index in [2.05, 4.69) is 20.4 Å². The second kappa shape index (κ2) is 10.2. The predicted octanol–water partition coefficient (Wildman–Crippen LogP) is 3.59. The highest BCUT2D eigenvalue weighted by Gasteiger charge is 2.17. The van der Waals surface area contributed by atoms with Crippen LogP contribution in [-0.4, -0.2) is 39.9 Å². The molecule has 2 aromatic carbocycles. The molecule has 0 aromatic heterocycles. The fourth-order valence-electron chi connectivity index (χ4n) is 2.88. The van der Waals surface area contributed by atoms with Gasteiger partial charge in [0.1, 0.15) is 24.7 Å². The molecule has 162 valence electrons. The van der Waals surface area contributed by atoms with Crippen LogP contribution in [0.3, 0.4) is 0 Å². The number of aliphatic imine (C=N–C) groups is 1. The molecule has 1 aliphatic rings. The van der Waals surface area contributed by atoms with Crippen molar-refractivity contribution >= 4 is 17.6 Å². The van der Waals surface area contributed by atoms with E-state index < -0.39 is 6.61 Å². The number of nitrogens with one attached hydrogen (secondary N) is 2. The topological polar surface area (TPSA) is 73.3 Å². The lowest BCUT2D eigenvalue weighted by molar-refractivity contribution is -0.0505. The van der Waals surface area contributed by atoms with Crippen molar-refractivity contribution in [1.29, 1.82) is 0 Å². The Morgan fingerprint density at radius 1 is 1.17 bits per heavy atom. The lowest BCUT2D eigenvalue weighted by Gasteiger charge is -2.20. The van der Waals surface area contributed by atoms with Gasteiger partial charge in [0.25, 0.3) is 0 Å². The molecule has 0 atom stereocenters. The maximum Gasteiger partial charge on any atom is 0.387 e. The van der Waals surface area contributed by atoms with Crippen molar-refractivity contribution in [3.05, 3.63) is 46.5 Å². The van der Waals surface area contributed by atoms with Crippen LogP contribution in [0.4, 0.5) is 8.78 Å². The Kier molecular flexibility index (Phi) is 7.40. The van der Waals surface area contributed by atoms with Crippen molar-refractivity contribution in [2.75, 3.05) is 27.4 Å². The molecule has 0 radical (unpaired) electrons. The zero-order chi connectivity index (χ0) is 21.5. The van der Waals surface area contributed by atoms with Gasteiger partial charge in [-0.05, 0) is 35.9 Å². The maximum absolute atomic E-state index is 12.7. The summed E-state index contributed by atoms with van der Waals surface area (Å²) in [6.07, 6.45) is 0. The molecule has 1 heterocycles. The molecule has 0 fully saturated rings. The van der Waals surface area contributed by atoms with Crippen LogP contribution in [0.2, 0.25) is 5.02 Å². The van der Waals surface area contributed by atoms with Crippen LogP contribution in [0.5, 0.6) is 23.0 Å². The SMILES string of the molecule is CN=C(NCc1cc(Cl)c2c(c1)OCCO2)NCc1cc(OC)ccc1OC(F)F. The molecule has 0 amide bonds.